The minimum Gasteiger partial charge on any atom is -0.496 e. The number of aromatic nitrogens is 4. The quantitative estimate of drug-likeness (QED) is 0.485. The Labute approximate surface area is 183 Å². The van der Waals surface area contributed by atoms with Gasteiger partial charge in [-0.2, -0.15) is 4.98 Å². The summed E-state index contributed by atoms with van der Waals surface area (Å²) >= 11 is 0. The van der Waals surface area contributed by atoms with Gasteiger partial charge in [-0.25, -0.2) is 4.79 Å². The summed E-state index contributed by atoms with van der Waals surface area (Å²) in [4.78, 5) is 35.5. The summed E-state index contributed by atoms with van der Waals surface area (Å²) in [5, 5.41) is 16.5. The molecule has 1 aliphatic heterocycles. The van der Waals surface area contributed by atoms with Crippen molar-refractivity contribution in [2.24, 2.45) is 19.3 Å². The van der Waals surface area contributed by atoms with Gasteiger partial charge >= 0.3 is 5.69 Å². The van der Waals surface area contributed by atoms with E-state index >= 15 is 0 Å². The van der Waals surface area contributed by atoms with Gasteiger partial charge in [-0.15, -0.1) is 0 Å². The molecule has 3 aromatic rings. The summed E-state index contributed by atoms with van der Waals surface area (Å²) in [6.07, 6.45) is 0.691. The van der Waals surface area contributed by atoms with Gasteiger partial charge in [-0.1, -0.05) is 17.3 Å². The maximum atomic E-state index is 12.9. The third kappa shape index (κ3) is 3.75. The molecule has 0 amide bonds. The maximum absolute atomic E-state index is 12.9. The molecule has 2 aromatic heterocycles. The Bertz CT molecular complexity index is 1290. The first-order valence-electron chi connectivity index (χ1n) is 10.3. The highest BCUT2D eigenvalue weighted by atomic mass is 16.6. The fraction of sp³-hybridized carbons (Fsp3) is 0.429. The second-order valence-electron chi connectivity index (χ2n) is 7.60. The van der Waals surface area contributed by atoms with Gasteiger partial charge in [0.05, 0.1) is 19.4 Å². The Morgan fingerprint density at radius 3 is 2.78 bits per heavy atom. The molecule has 32 heavy (non-hydrogen) atoms. The highest BCUT2D eigenvalue weighted by Gasteiger charge is 2.28. The van der Waals surface area contributed by atoms with Crippen LogP contribution in [-0.2, 0) is 25.5 Å². The van der Waals surface area contributed by atoms with Crippen LogP contribution in [0.4, 0.5) is 5.95 Å². The molecule has 11 nitrogen and oxygen atoms in total. The Morgan fingerprint density at radius 1 is 1.25 bits per heavy atom. The van der Waals surface area contributed by atoms with Crippen LogP contribution in [0, 0.1) is 0 Å². The first-order chi connectivity index (χ1) is 15.5. The standard InChI is InChI=1S/C21H26N6O5/c1-25-18-17(19(29)26(2)21(25)30)27(20(23-18)22-9-6-10-28)12-13-11-15(24-32-13)14-7-4-5-8-16(14)31-3/h4-5,7-8,13,28H,6,9-12H2,1-3H3,(H,22,23)/t13-/m1/s1. The third-order valence-corrected chi connectivity index (χ3v) is 5.50. The van der Waals surface area contributed by atoms with Gasteiger partial charge in [0.15, 0.2) is 17.3 Å². The zero-order valence-corrected chi connectivity index (χ0v) is 18.2. The highest BCUT2D eigenvalue weighted by molar-refractivity contribution is 6.03. The molecule has 0 radical (unpaired) electrons. The second kappa shape index (κ2) is 8.87. The highest BCUT2D eigenvalue weighted by Crippen LogP contribution is 2.26. The smallest absolute Gasteiger partial charge is 0.332 e. The molecule has 0 bridgehead atoms. The molecule has 11 heteroatoms. The molecule has 0 saturated carbocycles. The van der Waals surface area contributed by atoms with E-state index in [-0.39, 0.29) is 18.4 Å². The Morgan fingerprint density at radius 2 is 2.03 bits per heavy atom. The lowest BCUT2D eigenvalue weighted by Crippen LogP contribution is -2.37. The molecular formula is C21H26N6O5. The van der Waals surface area contributed by atoms with E-state index in [2.05, 4.69) is 15.5 Å². The number of hydrogen-bond acceptors (Lipinski definition) is 8. The summed E-state index contributed by atoms with van der Waals surface area (Å²) in [5.41, 5.74) is 1.31. The molecule has 1 atom stereocenters. The number of aliphatic hydroxyl groups is 1. The number of rotatable bonds is 8. The number of benzene rings is 1. The van der Waals surface area contributed by atoms with Crippen LogP contribution in [0.3, 0.4) is 0 Å². The monoisotopic (exact) mass is 442 g/mol. The Hall–Kier alpha value is -3.60. The number of aliphatic hydroxyl groups excluding tert-OH is 1. The number of nitrogens with one attached hydrogen (secondary N) is 1. The van der Waals surface area contributed by atoms with Crippen molar-refractivity contribution in [2.75, 3.05) is 25.6 Å². The lowest BCUT2D eigenvalue weighted by Gasteiger charge is -2.14. The van der Waals surface area contributed by atoms with Gasteiger partial charge in [-0.3, -0.25) is 13.9 Å². The van der Waals surface area contributed by atoms with Gasteiger partial charge in [0.1, 0.15) is 5.75 Å². The van der Waals surface area contributed by atoms with Crippen molar-refractivity contribution in [3.05, 3.63) is 50.7 Å². The fourth-order valence-electron chi connectivity index (χ4n) is 3.81. The van der Waals surface area contributed by atoms with Crippen LogP contribution in [0.5, 0.6) is 5.75 Å². The molecule has 0 aliphatic carbocycles. The molecular weight excluding hydrogens is 416 g/mol. The number of anilines is 1. The average Bonchev–Trinajstić information content (AvgIpc) is 3.42. The van der Waals surface area contributed by atoms with Crippen molar-refractivity contribution in [2.45, 2.75) is 25.5 Å². The minimum atomic E-state index is -0.451. The van der Waals surface area contributed by atoms with Crippen LogP contribution in [-0.4, -0.2) is 55.9 Å². The van der Waals surface area contributed by atoms with E-state index in [1.165, 1.54) is 11.6 Å². The predicted octanol–water partition coefficient (Wildman–Crippen LogP) is 0.430. The number of hydrogen-bond donors (Lipinski definition) is 2. The lowest BCUT2D eigenvalue weighted by atomic mass is 10.0. The molecule has 1 aliphatic rings. The molecule has 0 saturated heterocycles. The molecule has 170 valence electrons. The van der Waals surface area contributed by atoms with E-state index in [9.17, 15) is 9.59 Å². The molecule has 1 aromatic carbocycles. The van der Waals surface area contributed by atoms with E-state index in [1.807, 2.05) is 24.3 Å². The number of methoxy groups -OCH3 is 1. The number of ether oxygens (including phenoxy) is 1. The van der Waals surface area contributed by atoms with Crippen LogP contribution in [0.2, 0.25) is 0 Å². The Kier molecular flexibility index (Phi) is 5.99. The summed E-state index contributed by atoms with van der Waals surface area (Å²) < 4.78 is 9.55. The summed E-state index contributed by atoms with van der Waals surface area (Å²) in [6, 6.07) is 7.58. The van der Waals surface area contributed by atoms with Crippen molar-refractivity contribution in [1.29, 1.82) is 0 Å². The Balaban J connectivity index is 1.68. The first kappa shape index (κ1) is 21.6. The minimum absolute atomic E-state index is 0.0231. The van der Waals surface area contributed by atoms with Gasteiger partial charge < -0.3 is 24.6 Å². The topological polar surface area (TPSA) is 125 Å². The van der Waals surface area contributed by atoms with Crippen molar-refractivity contribution in [1.82, 2.24) is 18.7 Å². The maximum Gasteiger partial charge on any atom is 0.332 e. The van der Waals surface area contributed by atoms with Gasteiger partial charge in [-0.05, 0) is 18.6 Å². The second-order valence-corrected chi connectivity index (χ2v) is 7.60. The van der Waals surface area contributed by atoms with E-state index in [0.717, 1.165) is 15.8 Å². The predicted molar refractivity (Wildman–Crippen MR) is 119 cm³/mol. The van der Waals surface area contributed by atoms with E-state index in [0.29, 0.717) is 43.1 Å². The van der Waals surface area contributed by atoms with Crippen LogP contribution >= 0.6 is 0 Å². The van der Waals surface area contributed by atoms with Crippen LogP contribution in [0.15, 0.2) is 39.0 Å². The van der Waals surface area contributed by atoms with Gasteiger partial charge in [0.2, 0.25) is 5.95 Å². The largest absolute Gasteiger partial charge is 0.496 e. The number of imidazole rings is 1. The van der Waals surface area contributed by atoms with Gasteiger partial charge in [0, 0.05) is 39.2 Å². The summed E-state index contributed by atoms with van der Waals surface area (Å²) in [6.45, 7) is 0.783. The first-order valence-corrected chi connectivity index (χ1v) is 10.3. The average molecular weight is 442 g/mol. The fourth-order valence-corrected chi connectivity index (χ4v) is 3.81. The van der Waals surface area contributed by atoms with Crippen molar-refractivity contribution < 1.29 is 14.7 Å². The SMILES string of the molecule is COc1ccccc1C1=NO[C@@H](Cn2c(NCCCO)nc3c2c(=O)n(C)c(=O)n3C)C1. The number of aryl methyl sites for hydroxylation is 1. The molecule has 2 N–H and O–H groups in total. The number of fused-ring (bicyclic) bond motifs is 1. The van der Waals surface area contributed by atoms with Crippen LogP contribution < -0.4 is 21.3 Å². The van der Waals surface area contributed by atoms with E-state index in [1.54, 1.807) is 18.7 Å². The van der Waals surface area contributed by atoms with Crippen LogP contribution in [0.25, 0.3) is 11.2 Å². The normalized spacial score (nSPS) is 15.6. The van der Waals surface area contributed by atoms with Crippen molar-refractivity contribution >= 4 is 22.8 Å². The van der Waals surface area contributed by atoms with E-state index < -0.39 is 11.2 Å². The molecule has 0 unspecified atom stereocenters. The van der Waals surface area contributed by atoms with E-state index in [4.69, 9.17) is 14.7 Å². The number of para-hydroxylation sites is 1. The van der Waals surface area contributed by atoms with Gasteiger partial charge in [0.25, 0.3) is 5.56 Å². The zero-order chi connectivity index (χ0) is 22.8. The summed E-state index contributed by atoms with van der Waals surface area (Å²) in [5.74, 6) is 1.14. The number of nitrogens with zero attached hydrogens (tertiary/aromatic N) is 5. The van der Waals surface area contributed by atoms with Crippen LogP contribution in [0.1, 0.15) is 18.4 Å². The number of oxime groups is 1. The van der Waals surface area contributed by atoms with Crippen molar-refractivity contribution in [3.63, 3.8) is 0 Å². The molecule has 4 rings (SSSR count). The molecule has 3 heterocycles. The summed E-state index contributed by atoms with van der Waals surface area (Å²) in [7, 11) is 4.62. The lowest BCUT2D eigenvalue weighted by molar-refractivity contribution is 0.0736. The molecule has 0 spiro atoms. The van der Waals surface area contributed by atoms with Crippen molar-refractivity contribution in [3.8, 4) is 5.75 Å². The third-order valence-electron chi connectivity index (χ3n) is 5.50. The molecule has 0 fully saturated rings. The zero-order valence-electron chi connectivity index (χ0n) is 18.2.